The molecule has 1 unspecified atom stereocenters. The Labute approximate surface area is 85.7 Å². The molecule has 2 aromatic rings. The van der Waals surface area contributed by atoms with Crippen LogP contribution in [0, 0.1) is 0 Å². The van der Waals surface area contributed by atoms with Crippen LogP contribution in [0.4, 0.5) is 0 Å². The molecule has 0 fully saturated rings. The highest BCUT2D eigenvalue weighted by molar-refractivity contribution is 5.76. The van der Waals surface area contributed by atoms with E-state index in [1.54, 1.807) is 24.3 Å². The van der Waals surface area contributed by atoms with Crippen molar-refractivity contribution < 1.29 is 14.3 Å². The number of methoxy groups -OCH3 is 1. The Balaban J connectivity index is 2.71. The number of hydrogen-bond donors (Lipinski definition) is 1. The monoisotopic (exact) mass is 206 g/mol. The topological polar surface area (TPSA) is 59.7 Å². The molecule has 1 aromatic heterocycles. The van der Waals surface area contributed by atoms with Crippen LogP contribution in [0.1, 0.15) is 11.9 Å². The van der Waals surface area contributed by atoms with Gasteiger partial charge in [0.2, 0.25) is 5.43 Å². The maximum Gasteiger partial charge on any atom is 0.200 e. The van der Waals surface area contributed by atoms with Gasteiger partial charge in [-0.15, -0.1) is 0 Å². The molecule has 0 aliphatic rings. The fourth-order valence-electron chi connectivity index (χ4n) is 1.39. The molecule has 0 saturated carbocycles. The minimum atomic E-state index is -1.24. The van der Waals surface area contributed by atoms with Crippen molar-refractivity contribution in [3.8, 4) is 0 Å². The van der Waals surface area contributed by atoms with Crippen LogP contribution in [0.5, 0.6) is 0 Å². The summed E-state index contributed by atoms with van der Waals surface area (Å²) in [6.07, 6.45) is -0.0235. The molecule has 4 heteroatoms. The number of aliphatic hydroxyl groups excluding tert-OH is 1. The van der Waals surface area contributed by atoms with E-state index in [0.717, 1.165) is 0 Å². The highest BCUT2D eigenvalue weighted by Crippen LogP contribution is 2.15. The third kappa shape index (κ3) is 1.65. The van der Waals surface area contributed by atoms with Gasteiger partial charge >= 0.3 is 0 Å². The number of rotatable bonds is 2. The average Bonchev–Trinajstić information content (AvgIpc) is 2.29. The van der Waals surface area contributed by atoms with Crippen molar-refractivity contribution in [1.29, 1.82) is 0 Å². The van der Waals surface area contributed by atoms with Crippen LogP contribution in [0.25, 0.3) is 11.0 Å². The molecule has 15 heavy (non-hydrogen) atoms. The zero-order valence-corrected chi connectivity index (χ0v) is 8.14. The highest BCUT2D eigenvalue weighted by atomic mass is 16.6. The van der Waals surface area contributed by atoms with Crippen LogP contribution in [0.2, 0.25) is 0 Å². The number of hydrogen-bond acceptors (Lipinski definition) is 4. The molecule has 4 nitrogen and oxygen atoms in total. The normalized spacial score (nSPS) is 12.9. The second-order valence-corrected chi connectivity index (χ2v) is 3.10. The van der Waals surface area contributed by atoms with Gasteiger partial charge in [0.15, 0.2) is 6.29 Å². The molecule has 1 N–H and O–H groups in total. The lowest BCUT2D eigenvalue weighted by Crippen LogP contribution is -2.14. The second-order valence-electron chi connectivity index (χ2n) is 3.10. The fraction of sp³-hybridized carbons (Fsp3) is 0.182. The van der Waals surface area contributed by atoms with Crippen LogP contribution in [0.15, 0.2) is 39.7 Å². The number of para-hydroxylation sites is 1. The lowest BCUT2D eigenvalue weighted by molar-refractivity contribution is -0.0784. The van der Waals surface area contributed by atoms with E-state index in [0.29, 0.717) is 11.0 Å². The van der Waals surface area contributed by atoms with E-state index in [2.05, 4.69) is 4.74 Å². The first-order valence-electron chi connectivity index (χ1n) is 4.45. The second kappa shape index (κ2) is 3.84. The Morgan fingerprint density at radius 2 is 2.13 bits per heavy atom. The number of fused-ring (bicyclic) bond motifs is 1. The molecule has 0 aliphatic carbocycles. The van der Waals surface area contributed by atoms with Gasteiger partial charge in [0.05, 0.1) is 10.9 Å². The van der Waals surface area contributed by atoms with Gasteiger partial charge in [-0.25, -0.2) is 0 Å². The number of aliphatic hydroxyl groups is 1. The summed E-state index contributed by atoms with van der Waals surface area (Å²) in [5.41, 5.74) is 0.331. The Kier molecular flexibility index (Phi) is 2.53. The van der Waals surface area contributed by atoms with Crippen LogP contribution < -0.4 is 5.43 Å². The van der Waals surface area contributed by atoms with Crippen molar-refractivity contribution in [3.05, 3.63) is 46.3 Å². The molecule has 0 saturated heterocycles. The van der Waals surface area contributed by atoms with Crippen molar-refractivity contribution in [3.63, 3.8) is 0 Å². The zero-order valence-electron chi connectivity index (χ0n) is 8.14. The first-order valence-corrected chi connectivity index (χ1v) is 4.45. The predicted octanol–water partition coefficient (Wildman–Crippen LogP) is 1.43. The van der Waals surface area contributed by atoms with Crippen molar-refractivity contribution in [2.75, 3.05) is 7.11 Å². The summed E-state index contributed by atoms with van der Waals surface area (Å²) in [5, 5.41) is 9.82. The van der Waals surface area contributed by atoms with Gasteiger partial charge in [0.25, 0.3) is 0 Å². The first-order chi connectivity index (χ1) is 7.24. The third-order valence-electron chi connectivity index (χ3n) is 2.20. The molecule has 1 heterocycles. The Morgan fingerprint density at radius 1 is 1.40 bits per heavy atom. The van der Waals surface area contributed by atoms with Gasteiger partial charge < -0.3 is 14.3 Å². The largest absolute Gasteiger partial charge is 0.464 e. The highest BCUT2D eigenvalue weighted by Gasteiger charge is 2.13. The van der Waals surface area contributed by atoms with Crippen molar-refractivity contribution in [2.24, 2.45) is 0 Å². The lowest BCUT2D eigenvalue weighted by Gasteiger charge is -2.07. The molecule has 0 amide bonds. The van der Waals surface area contributed by atoms with E-state index >= 15 is 0 Å². The lowest BCUT2D eigenvalue weighted by atomic mass is 10.2. The van der Waals surface area contributed by atoms with Crippen LogP contribution in [0.3, 0.4) is 0 Å². The molecule has 1 aromatic carbocycles. The van der Waals surface area contributed by atoms with Gasteiger partial charge in [0.1, 0.15) is 11.8 Å². The molecule has 0 aliphatic heterocycles. The van der Waals surface area contributed by atoms with Crippen LogP contribution in [-0.2, 0) is 4.74 Å². The van der Waals surface area contributed by atoms with E-state index in [1.165, 1.54) is 13.4 Å². The average molecular weight is 206 g/mol. The Hall–Kier alpha value is -1.65. The molecule has 0 radical (unpaired) electrons. The van der Waals surface area contributed by atoms with E-state index in [1.807, 2.05) is 0 Å². The van der Waals surface area contributed by atoms with Crippen molar-refractivity contribution in [2.45, 2.75) is 6.29 Å². The van der Waals surface area contributed by atoms with E-state index in [9.17, 15) is 9.90 Å². The van der Waals surface area contributed by atoms with Gasteiger partial charge in [-0.05, 0) is 12.1 Å². The minimum Gasteiger partial charge on any atom is -0.464 e. The summed E-state index contributed by atoms with van der Waals surface area (Å²) < 4.78 is 9.87. The van der Waals surface area contributed by atoms with E-state index < -0.39 is 6.29 Å². The smallest absolute Gasteiger partial charge is 0.200 e. The SMILES string of the molecule is COC(O)c1coc2ccccc2c1=O. The zero-order chi connectivity index (χ0) is 10.8. The molecular formula is C11H10O4. The summed E-state index contributed by atoms with van der Waals surface area (Å²) in [6, 6.07) is 6.85. The summed E-state index contributed by atoms with van der Waals surface area (Å²) in [5.74, 6) is 0. The fourth-order valence-corrected chi connectivity index (χ4v) is 1.39. The standard InChI is InChI=1S/C11H10O4/c1-14-11(13)8-6-15-9-5-3-2-4-7(9)10(8)12/h2-6,11,13H,1H3. The maximum atomic E-state index is 11.8. The molecule has 0 spiro atoms. The first kappa shape index (κ1) is 9.89. The van der Waals surface area contributed by atoms with Gasteiger partial charge in [-0.1, -0.05) is 12.1 Å². The number of ether oxygens (including phenoxy) is 1. The molecule has 78 valence electrons. The van der Waals surface area contributed by atoms with Gasteiger partial charge in [0, 0.05) is 7.11 Å². The summed E-state index contributed by atoms with van der Waals surface area (Å²) in [4.78, 5) is 11.8. The summed E-state index contributed by atoms with van der Waals surface area (Å²) >= 11 is 0. The molecular weight excluding hydrogens is 196 g/mol. The van der Waals surface area contributed by atoms with E-state index in [-0.39, 0.29) is 11.0 Å². The Bertz CT molecular complexity index is 529. The maximum absolute atomic E-state index is 11.8. The van der Waals surface area contributed by atoms with E-state index in [4.69, 9.17) is 4.42 Å². The van der Waals surface area contributed by atoms with Crippen molar-refractivity contribution in [1.82, 2.24) is 0 Å². The molecule has 0 bridgehead atoms. The van der Waals surface area contributed by atoms with Gasteiger partial charge in [-0.2, -0.15) is 0 Å². The predicted molar refractivity (Wildman–Crippen MR) is 54.5 cm³/mol. The number of benzene rings is 1. The molecule has 2 rings (SSSR count). The summed E-state index contributed by atoms with van der Waals surface area (Å²) in [7, 11) is 1.32. The summed E-state index contributed by atoms with van der Waals surface area (Å²) in [6.45, 7) is 0. The Morgan fingerprint density at radius 3 is 2.87 bits per heavy atom. The quantitative estimate of drug-likeness (QED) is 0.755. The van der Waals surface area contributed by atoms with Crippen molar-refractivity contribution >= 4 is 11.0 Å². The van der Waals surface area contributed by atoms with Gasteiger partial charge in [-0.3, -0.25) is 4.79 Å². The van der Waals surface area contributed by atoms with Crippen LogP contribution in [-0.4, -0.2) is 12.2 Å². The minimum absolute atomic E-state index is 0.108. The van der Waals surface area contributed by atoms with Crippen LogP contribution >= 0.6 is 0 Å². The molecule has 1 atom stereocenters. The third-order valence-corrected chi connectivity index (χ3v) is 2.20.